The molecule has 0 radical (unpaired) electrons. The quantitative estimate of drug-likeness (QED) is 0.0153. The average molecular weight is 1250 g/mol. The second kappa shape index (κ2) is 43.6. The van der Waals surface area contributed by atoms with Crippen molar-refractivity contribution in [2.75, 3.05) is 39.3 Å². The fourth-order valence-corrected chi connectivity index (χ4v) is 8.24. The molecule has 0 saturated heterocycles. The number of amides is 9. The second-order valence-corrected chi connectivity index (χ2v) is 21.3. The summed E-state index contributed by atoms with van der Waals surface area (Å²) in [7, 11) is 0. The highest BCUT2D eigenvalue weighted by atomic mass is 16.4. The van der Waals surface area contributed by atoms with Gasteiger partial charge >= 0.3 is 5.97 Å². The van der Waals surface area contributed by atoms with Gasteiger partial charge in [0.1, 0.15) is 48.3 Å². The maximum absolute atomic E-state index is 14.5. The van der Waals surface area contributed by atoms with Crippen LogP contribution in [0.15, 0.2) is 25.0 Å². The molecule has 37 nitrogen and oxygen atoms in total. The van der Waals surface area contributed by atoms with E-state index in [1.165, 1.54) is 0 Å². The molecule has 0 aromatic carbocycles. The Kier molecular flexibility index (Phi) is 39.1. The summed E-state index contributed by atoms with van der Waals surface area (Å²) in [5.41, 5.74) is 72.0. The standard InChI is InChI=1S/C51H100N26O11/c1-26(2)36(76-38(79)28(53)12-7-21-65-47(55)56)44(85)73-29(13-5-6-20-52)39(80)70-30(14-8-22-66-48(57)58)40(81)71-31(15-9-23-67-49(59)60)41(82)72-33(18-19-35(54)78)43(84)77-37(27(3)4)45(86)74-32(16-10-24-68-50(61)62)42(83)75-34(46(87)88)17-11-25-69-51(63)64/h26-34,36-37H,5-25,52-53H2,1-4H3,(H2,54,78)(H,70,80)(H,71,81)(H,72,82)(H,73,85)(H,74,86)(H,75,83)(H,76,79)(H,77,84)(H,87,88)(H4,55,56,65)(H4,57,58,66)(H4,59,60,67)(H4,61,62,68)(H4,63,64,69)/t28-,29+,30+,31-,32+,33+,34-,36+,37+/m1/s1. The van der Waals surface area contributed by atoms with Crippen LogP contribution in [-0.4, -0.2) is 188 Å². The Balaban J connectivity index is 7.16. The minimum Gasteiger partial charge on any atom is -0.480 e. The average Bonchev–Trinajstić information content (AvgIpc) is 3.10. The zero-order chi connectivity index (χ0) is 67.1. The van der Waals surface area contributed by atoms with E-state index in [9.17, 15) is 53.1 Å². The summed E-state index contributed by atoms with van der Waals surface area (Å²) in [6.45, 7) is 6.91. The summed E-state index contributed by atoms with van der Waals surface area (Å²) in [6.07, 6.45) is 0.275. The van der Waals surface area contributed by atoms with E-state index < -0.39 is 138 Å². The smallest absolute Gasteiger partial charge is 0.326 e. The number of rotatable bonds is 46. The number of hydrogen-bond acceptors (Lipinski definition) is 17. The number of guanidine groups is 5. The third-order valence-electron chi connectivity index (χ3n) is 13.0. The second-order valence-electron chi connectivity index (χ2n) is 21.3. The topological polar surface area (TPSA) is 687 Å². The van der Waals surface area contributed by atoms with Gasteiger partial charge in [0, 0.05) is 39.1 Å². The molecule has 0 fully saturated rings. The zero-order valence-corrected chi connectivity index (χ0v) is 51.0. The van der Waals surface area contributed by atoms with Gasteiger partial charge in [-0.05, 0) is 108 Å². The maximum Gasteiger partial charge on any atom is 0.326 e. The van der Waals surface area contributed by atoms with E-state index in [-0.39, 0.29) is 133 Å². The Morgan fingerprint density at radius 3 is 0.898 bits per heavy atom. The van der Waals surface area contributed by atoms with Gasteiger partial charge in [-0.15, -0.1) is 0 Å². The van der Waals surface area contributed by atoms with E-state index in [0.29, 0.717) is 19.3 Å². The van der Waals surface area contributed by atoms with Crippen LogP contribution in [0.3, 0.4) is 0 Å². The highest BCUT2D eigenvalue weighted by molar-refractivity contribution is 5.98. The van der Waals surface area contributed by atoms with E-state index >= 15 is 0 Å². The lowest BCUT2D eigenvalue weighted by Crippen LogP contribution is -2.61. The predicted octanol–water partition coefficient (Wildman–Crippen LogP) is -8.75. The number of carbonyl (C=O) groups excluding carboxylic acids is 9. The van der Waals surface area contributed by atoms with Crippen LogP contribution >= 0.6 is 0 Å². The van der Waals surface area contributed by atoms with Crippen molar-refractivity contribution in [3.63, 3.8) is 0 Å². The molecule has 0 rings (SSSR count). The van der Waals surface area contributed by atoms with Crippen LogP contribution in [0.4, 0.5) is 0 Å². The summed E-state index contributed by atoms with van der Waals surface area (Å²) in [6, 6.07) is -12.4. The maximum atomic E-state index is 14.5. The lowest BCUT2D eigenvalue weighted by Gasteiger charge is -2.29. The molecular weight excluding hydrogens is 1150 g/mol. The number of carbonyl (C=O) groups is 10. The molecule has 0 aromatic rings. The van der Waals surface area contributed by atoms with Gasteiger partial charge in [-0.25, -0.2) is 4.79 Å². The van der Waals surface area contributed by atoms with Crippen molar-refractivity contribution in [2.45, 2.75) is 178 Å². The first kappa shape index (κ1) is 79.0. The van der Waals surface area contributed by atoms with Crippen LogP contribution in [0.5, 0.6) is 0 Å². The first-order valence-corrected chi connectivity index (χ1v) is 29.0. The number of carboxylic acids is 1. The SMILES string of the molecule is CC(C)[C@H](NC(=O)[C@H](N)CCCN=C(N)N)C(=O)N[C@@H](CCCCN)C(=O)N[C@@H](CCCN=C(N)N)C(=O)N[C@H](CCCN=C(N)N)C(=O)N[C@@H](CCC(N)=O)C(=O)N[C@H](C(=O)N[C@@H](CCCN=C(N)N)C(=O)N[C@H](CCCN=C(N)N)C(=O)O)C(C)C. The molecule has 0 spiro atoms. The van der Waals surface area contributed by atoms with Gasteiger partial charge in [0.15, 0.2) is 29.8 Å². The normalized spacial score (nSPS) is 14.0. The summed E-state index contributed by atoms with van der Waals surface area (Å²) in [5.74, 6) is -11.6. The number of aliphatic imine (C=N–C) groups is 5. The number of nitrogens with one attached hydrogen (secondary N) is 8. The Labute approximate surface area is 512 Å². The van der Waals surface area contributed by atoms with E-state index in [4.69, 9.17) is 74.5 Å². The summed E-state index contributed by atoms with van der Waals surface area (Å²) in [5, 5.41) is 30.6. The van der Waals surface area contributed by atoms with Crippen molar-refractivity contribution >= 4 is 88.9 Å². The fourth-order valence-electron chi connectivity index (χ4n) is 8.24. The molecule has 35 N–H and O–H groups in total. The monoisotopic (exact) mass is 1250 g/mol. The van der Waals surface area contributed by atoms with Gasteiger partial charge in [0.05, 0.1) is 6.04 Å². The molecule has 500 valence electrons. The number of primary amides is 1. The largest absolute Gasteiger partial charge is 0.480 e. The van der Waals surface area contributed by atoms with Gasteiger partial charge in [-0.1, -0.05) is 27.7 Å². The molecule has 0 aliphatic rings. The van der Waals surface area contributed by atoms with Gasteiger partial charge in [-0.3, -0.25) is 68.1 Å². The fraction of sp³-hybridized carbons (Fsp3) is 0.706. The molecule has 0 aliphatic heterocycles. The van der Waals surface area contributed by atoms with Crippen molar-refractivity contribution in [3.8, 4) is 0 Å². The van der Waals surface area contributed by atoms with Crippen LogP contribution in [0.1, 0.15) is 124 Å². The Morgan fingerprint density at radius 2 is 0.602 bits per heavy atom. The number of unbranched alkanes of at least 4 members (excludes halogenated alkanes) is 1. The summed E-state index contributed by atoms with van der Waals surface area (Å²) in [4.78, 5) is 156. The molecule has 0 aromatic heterocycles. The van der Waals surface area contributed by atoms with Gasteiger partial charge in [-0.2, -0.15) is 0 Å². The lowest BCUT2D eigenvalue weighted by atomic mass is 10.00. The third-order valence-corrected chi connectivity index (χ3v) is 13.0. The highest BCUT2D eigenvalue weighted by Crippen LogP contribution is 2.13. The number of nitrogens with two attached hydrogens (primary N) is 13. The van der Waals surface area contributed by atoms with E-state index in [0.717, 1.165) is 0 Å². The van der Waals surface area contributed by atoms with Crippen LogP contribution in [0, 0.1) is 11.8 Å². The van der Waals surface area contributed by atoms with Gasteiger partial charge in [0.25, 0.3) is 0 Å². The molecule has 9 amide bonds. The molecule has 0 heterocycles. The van der Waals surface area contributed by atoms with E-state index in [1.54, 1.807) is 27.7 Å². The van der Waals surface area contributed by atoms with E-state index in [2.05, 4.69) is 67.5 Å². The number of hydrogen-bond donors (Lipinski definition) is 22. The summed E-state index contributed by atoms with van der Waals surface area (Å²) >= 11 is 0. The van der Waals surface area contributed by atoms with Crippen molar-refractivity contribution in [1.82, 2.24) is 42.5 Å². The van der Waals surface area contributed by atoms with Crippen LogP contribution < -0.4 is 117 Å². The molecule has 0 bridgehead atoms. The van der Waals surface area contributed by atoms with Gasteiger partial charge < -0.3 is 122 Å². The number of carboxylic acid groups (broad SMARTS) is 1. The van der Waals surface area contributed by atoms with Crippen LogP contribution in [-0.2, 0) is 47.9 Å². The third kappa shape index (κ3) is 35.4. The Bertz CT molecular complexity index is 2400. The molecule has 37 heteroatoms. The molecule has 9 atom stereocenters. The van der Waals surface area contributed by atoms with Crippen LogP contribution in [0.25, 0.3) is 0 Å². The number of aliphatic carboxylic acids is 1. The first-order valence-electron chi connectivity index (χ1n) is 29.0. The number of nitrogens with zero attached hydrogens (tertiary/aromatic N) is 5. The van der Waals surface area contributed by atoms with Crippen LogP contribution in [0.2, 0.25) is 0 Å². The minimum atomic E-state index is -1.63. The molecular formula is C51H100N26O11. The molecule has 0 aliphatic carbocycles. The van der Waals surface area contributed by atoms with Crippen molar-refractivity contribution in [3.05, 3.63) is 0 Å². The lowest BCUT2D eigenvalue weighted by molar-refractivity contribution is -0.142. The molecule has 0 unspecified atom stereocenters. The summed E-state index contributed by atoms with van der Waals surface area (Å²) < 4.78 is 0. The zero-order valence-electron chi connectivity index (χ0n) is 51.0. The van der Waals surface area contributed by atoms with Crippen molar-refractivity contribution < 1.29 is 53.1 Å². The Morgan fingerprint density at radius 1 is 0.341 bits per heavy atom. The van der Waals surface area contributed by atoms with Crippen molar-refractivity contribution in [2.24, 2.45) is 111 Å². The highest BCUT2D eigenvalue weighted by Gasteiger charge is 2.36. The Hall–Kier alpha value is -9.03. The first-order chi connectivity index (χ1) is 41.3. The van der Waals surface area contributed by atoms with E-state index in [1.807, 2.05) is 0 Å². The van der Waals surface area contributed by atoms with Crippen molar-refractivity contribution in [1.29, 1.82) is 0 Å². The van der Waals surface area contributed by atoms with Gasteiger partial charge in [0.2, 0.25) is 53.2 Å². The minimum absolute atomic E-state index is 0.0133. The molecule has 0 saturated carbocycles. The molecule has 88 heavy (non-hydrogen) atoms. The predicted molar refractivity (Wildman–Crippen MR) is 332 cm³/mol.